The van der Waals surface area contributed by atoms with Gasteiger partial charge in [0.15, 0.2) is 5.84 Å². The molecule has 0 saturated heterocycles. The van der Waals surface area contributed by atoms with Crippen LogP contribution in [0, 0.1) is 12.7 Å². The summed E-state index contributed by atoms with van der Waals surface area (Å²) in [5.74, 6) is -0.981. The third-order valence-electron chi connectivity index (χ3n) is 2.59. The topological polar surface area (TPSA) is 82.5 Å². The molecule has 0 aliphatic rings. The molecule has 0 unspecified atom stereocenters. The zero-order chi connectivity index (χ0) is 14.5. The second kappa shape index (κ2) is 5.96. The lowest BCUT2D eigenvalue weighted by molar-refractivity contribution is -0.144. The van der Waals surface area contributed by atoms with Crippen LogP contribution < -0.4 is 5.73 Å². The number of rotatable bonds is 4. The highest BCUT2D eigenvalue weighted by molar-refractivity contribution is 5.97. The van der Waals surface area contributed by atoms with E-state index in [4.69, 9.17) is 5.73 Å². The Bertz CT molecular complexity index is 634. The highest BCUT2D eigenvalue weighted by Gasteiger charge is 2.07. The Morgan fingerprint density at radius 2 is 2.10 bits per heavy atom. The number of amidine groups is 1. The van der Waals surface area contributed by atoms with E-state index in [1.165, 1.54) is 28.9 Å². The summed E-state index contributed by atoms with van der Waals surface area (Å²) in [6.07, 6.45) is 1.58. The average Bonchev–Trinajstić information content (AvgIpc) is 2.82. The van der Waals surface area contributed by atoms with E-state index in [0.29, 0.717) is 5.56 Å². The van der Waals surface area contributed by atoms with Gasteiger partial charge < -0.3 is 10.6 Å². The van der Waals surface area contributed by atoms with Gasteiger partial charge in [0.2, 0.25) is 0 Å². The van der Waals surface area contributed by atoms with Crippen LogP contribution in [0.2, 0.25) is 0 Å². The van der Waals surface area contributed by atoms with Crippen LogP contribution in [0.15, 0.2) is 41.7 Å². The Hall–Kier alpha value is -2.70. The van der Waals surface area contributed by atoms with E-state index < -0.39 is 5.97 Å². The summed E-state index contributed by atoms with van der Waals surface area (Å²) in [6.45, 7) is 1.76. The van der Waals surface area contributed by atoms with Crippen molar-refractivity contribution in [3.63, 3.8) is 0 Å². The lowest BCUT2D eigenvalue weighted by Crippen LogP contribution is -2.18. The molecule has 0 atom stereocenters. The number of benzene rings is 1. The van der Waals surface area contributed by atoms with Crippen molar-refractivity contribution < 1.29 is 14.0 Å². The van der Waals surface area contributed by atoms with Gasteiger partial charge in [-0.3, -0.25) is 4.68 Å². The summed E-state index contributed by atoms with van der Waals surface area (Å²) in [7, 11) is 0. The Balaban J connectivity index is 1.96. The van der Waals surface area contributed by atoms with Crippen LogP contribution in [0.3, 0.4) is 0 Å². The van der Waals surface area contributed by atoms with Crippen molar-refractivity contribution in [2.45, 2.75) is 13.5 Å². The third kappa shape index (κ3) is 3.41. The van der Waals surface area contributed by atoms with Crippen LogP contribution in [0.4, 0.5) is 4.39 Å². The first-order valence-corrected chi connectivity index (χ1v) is 5.84. The van der Waals surface area contributed by atoms with Crippen LogP contribution in [0.5, 0.6) is 0 Å². The first-order valence-electron chi connectivity index (χ1n) is 5.84. The minimum Gasteiger partial charge on any atom is -0.380 e. The Kier molecular flexibility index (Phi) is 4.09. The van der Waals surface area contributed by atoms with E-state index in [2.05, 4.69) is 15.1 Å². The minimum absolute atomic E-state index is 0.00413. The molecule has 1 heterocycles. The van der Waals surface area contributed by atoms with Gasteiger partial charge in [0.25, 0.3) is 0 Å². The smallest absolute Gasteiger partial charge is 0.356 e. The summed E-state index contributed by atoms with van der Waals surface area (Å²) >= 11 is 0. The van der Waals surface area contributed by atoms with E-state index in [-0.39, 0.29) is 18.2 Å². The van der Waals surface area contributed by atoms with E-state index >= 15 is 0 Å². The standard InChI is InChI=1S/C13H13FN4O2/c1-9-6-7-16-18(9)8-12(19)20-17-13(15)10-2-4-11(14)5-3-10/h2-7H,8H2,1H3,(H2,15,17). The van der Waals surface area contributed by atoms with Gasteiger partial charge in [-0.25, -0.2) is 9.18 Å². The third-order valence-corrected chi connectivity index (χ3v) is 2.59. The molecule has 0 spiro atoms. The highest BCUT2D eigenvalue weighted by atomic mass is 19.1. The molecule has 0 fully saturated rings. The summed E-state index contributed by atoms with van der Waals surface area (Å²) in [5, 5.41) is 7.46. The Morgan fingerprint density at radius 3 is 2.70 bits per heavy atom. The molecule has 104 valence electrons. The van der Waals surface area contributed by atoms with Gasteiger partial charge in [0, 0.05) is 17.5 Å². The number of oxime groups is 1. The normalized spacial score (nSPS) is 11.4. The van der Waals surface area contributed by atoms with E-state index in [1.807, 2.05) is 6.92 Å². The van der Waals surface area contributed by atoms with Gasteiger partial charge in [0.05, 0.1) is 0 Å². The van der Waals surface area contributed by atoms with Crippen molar-refractivity contribution in [3.05, 3.63) is 53.6 Å². The molecule has 1 aromatic heterocycles. The van der Waals surface area contributed by atoms with Crippen LogP contribution in [-0.4, -0.2) is 21.6 Å². The lowest BCUT2D eigenvalue weighted by atomic mass is 10.2. The number of hydrogen-bond acceptors (Lipinski definition) is 4. The number of nitrogens with two attached hydrogens (primary N) is 1. The number of nitrogens with zero attached hydrogens (tertiary/aromatic N) is 3. The lowest BCUT2D eigenvalue weighted by Gasteiger charge is -2.03. The van der Waals surface area contributed by atoms with Crippen molar-refractivity contribution in [2.75, 3.05) is 0 Å². The van der Waals surface area contributed by atoms with E-state index in [9.17, 15) is 9.18 Å². The molecular weight excluding hydrogens is 263 g/mol. The molecule has 0 radical (unpaired) electrons. The van der Waals surface area contributed by atoms with Gasteiger partial charge in [-0.2, -0.15) is 5.10 Å². The summed E-state index contributed by atoms with van der Waals surface area (Å²) < 4.78 is 14.2. The second-order valence-corrected chi connectivity index (χ2v) is 4.08. The molecule has 0 aliphatic carbocycles. The predicted molar refractivity (Wildman–Crippen MR) is 70.2 cm³/mol. The molecule has 7 heteroatoms. The van der Waals surface area contributed by atoms with Crippen LogP contribution >= 0.6 is 0 Å². The predicted octanol–water partition coefficient (Wildman–Crippen LogP) is 1.19. The van der Waals surface area contributed by atoms with Crippen molar-refractivity contribution >= 4 is 11.8 Å². The molecule has 0 amide bonds. The SMILES string of the molecule is Cc1ccnn1CC(=O)O/N=C(\N)c1ccc(F)cc1. The fourth-order valence-electron chi connectivity index (χ4n) is 1.49. The van der Waals surface area contributed by atoms with Crippen molar-refractivity contribution in [3.8, 4) is 0 Å². The maximum atomic E-state index is 12.7. The minimum atomic E-state index is -0.595. The average molecular weight is 276 g/mol. The van der Waals surface area contributed by atoms with Gasteiger partial charge in [-0.05, 0) is 37.3 Å². The summed E-state index contributed by atoms with van der Waals surface area (Å²) in [4.78, 5) is 16.2. The van der Waals surface area contributed by atoms with Gasteiger partial charge in [0.1, 0.15) is 12.4 Å². The monoisotopic (exact) mass is 276 g/mol. The van der Waals surface area contributed by atoms with Gasteiger partial charge in [-0.1, -0.05) is 5.16 Å². The molecule has 6 nitrogen and oxygen atoms in total. The maximum Gasteiger partial charge on any atom is 0.356 e. The molecule has 2 N–H and O–H groups in total. The number of halogens is 1. The molecule has 2 aromatic rings. The summed E-state index contributed by atoms with van der Waals surface area (Å²) in [5.41, 5.74) is 6.92. The largest absolute Gasteiger partial charge is 0.380 e. The zero-order valence-electron chi connectivity index (χ0n) is 10.8. The first kappa shape index (κ1) is 13.7. The van der Waals surface area contributed by atoms with Gasteiger partial charge >= 0.3 is 5.97 Å². The van der Waals surface area contributed by atoms with E-state index in [1.54, 1.807) is 12.3 Å². The highest BCUT2D eigenvalue weighted by Crippen LogP contribution is 2.03. The molecule has 1 aromatic carbocycles. The fraction of sp³-hybridized carbons (Fsp3) is 0.154. The number of aromatic nitrogens is 2. The number of aryl methyl sites for hydroxylation is 1. The molecule has 0 saturated carbocycles. The molecular formula is C13H13FN4O2. The number of carbonyl (C=O) groups excluding carboxylic acids is 1. The Labute approximate surface area is 114 Å². The van der Waals surface area contributed by atoms with Crippen molar-refractivity contribution in [1.82, 2.24) is 9.78 Å². The molecule has 0 aliphatic heterocycles. The number of carbonyl (C=O) groups is 1. The fourth-order valence-corrected chi connectivity index (χ4v) is 1.49. The van der Waals surface area contributed by atoms with Crippen LogP contribution in [-0.2, 0) is 16.2 Å². The molecule has 20 heavy (non-hydrogen) atoms. The maximum absolute atomic E-state index is 12.7. The quantitative estimate of drug-likeness (QED) is 0.393. The Morgan fingerprint density at radius 1 is 1.40 bits per heavy atom. The molecule has 0 bridgehead atoms. The molecule has 2 rings (SSSR count). The van der Waals surface area contributed by atoms with Crippen molar-refractivity contribution in [2.24, 2.45) is 10.9 Å². The van der Waals surface area contributed by atoms with Crippen molar-refractivity contribution in [1.29, 1.82) is 0 Å². The van der Waals surface area contributed by atoms with Crippen LogP contribution in [0.25, 0.3) is 0 Å². The van der Waals surface area contributed by atoms with Crippen LogP contribution in [0.1, 0.15) is 11.3 Å². The zero-order valence-corrected chi connectivity index (χ0v) is 10.8. The van der Waals surface area contributed by atoms with E-state index in [0.717, 1.165) is 5.69 Å². The first-order chi connectivity index (χ1) is 9.56. The summed E-state index contributed by atoms with van der Waals surface area (Å²) in [6, 6.07) is 7.14. The van der Waals surface area contributed by atoms with Gasteiger partial charge in [-0.15, -0.1) is 0 Å². The number of hydrogen-bond donors (Lipinski definition) is 1. The second-order valence-electron chi connectivity index (χ2n) is 4.08.